The summed E-state index contributed by atoms with van der Waals surface area (Å²) in [7, 11) is 0. The number of nitrogens with one attached hydrogen (secondary N) is 1. The summed E-state index contributed by atoms with van der Waals surface area (Å²) in [6.07, 6.45) is 1.01. The van der Waals surface area contributed by atoms with E-state index in [1.54, 1.807) is 12.1 Å². The van der Waals surface area contributed by atoms with Gasteiger partial charge >= 0.3 is 0 Å². The molecule has 0 aliphatic carbocycles. The van der Waals surface area contributed by atoms with E-state index in [4.69, 9.17) is 0 Å². The summed E-state index contributed by atoms with van der Waals surface area (Å²) < 4.78 is 12.9. The summed E-state index contributed by atoms with van der Waals surface area (Å²) in [5, 5.41) is 3.02. The zero-order chi connectivity index (χ0) is 17.7. The maximum atomic E-state index is 12.9. The van der Waals surface area contributed by atoms with Gasteiger partial charge in [-0.1, -0.05) is 57.2 Å². The van der Waals surface area contributed by atoms with Crippen molar-refractivity contribution in [3.05, 3.63) is 71.0 Å². The minimum Gasteiger partial charge on any atom is -0.350 e. The lowest BCUT2D eigenvalue weighted by molar-refractivity contribution is -0.121. The Bertz CT molecular complexity index is 668. The van der Waals surface area contributed by atoms with Gasteiger partial charge in [-0.2, -0.15) is 0 Å². The Morgan fingerprint density at radius 1 is 1.04 bits per heavy atom. The SMILES string of the molecule is CC(NC(=O)CCc1ccc(F)cc1)c1ccc(C(C)(C)C)cc1. The van der Waals surface area contributed by atoms with Gasteiger partial charge in [-0.25, -0.2) is 4.39 Å². The maximum absolute atomic E-state index is 12.9. The lowest BCUT2D eigenvalue weighted by Gasteiger charge is -2.20. The van der Waals surface area contributed by atoms with Crippen LogP contribution >= 0.6 is 0 Å². The third kappa shape index (κ3) is 5.19. The monoisotopic (exact) mass is 327 g/mol. The molecule has 24 heavy (non-hydrogen) atoms. The van der Waals surface area contributed by atoms with E-state index < -0.39 is 0 Å². The van der Waals surface area contributed by atoms with Crippen molar-refractivity contribution in [2.75, 3.05) is 0 Å². The van der Waals surface area contributed by atoms with Gasteiger partial charge in [-0.05, 0) is 47.6 Å². The number of benzene rings is 2. The lowest BCUT2D eigenvalue weighted by atomic mass is 9.86. The van der Waals surface area contributed by atoms with Gasteiger partial charge < -0.3 is 5.32 Å². The molecule has 0 aromatic heterocycles. The van der Waals surface area contributed by atoms with Gasteiger partial charge in [0.05, 0.1) is 6.04 Å². The molecule has 0 spiro atoms. The van der Waals surface area contributed by atoms with Crippen molar-refractivity contribution < 1.29 is 9.18 Å². The van der Waals surface area contributed by atoms with Crippen LogP contribution in [0.25, 0.3) is 0 Å². The Kier molecular flexibility index (Phi) is 5.76. The first-order valence-corrected chi connectivity index (χ1v) is 8.40. The molecule has 0 aliphatic rings. The first kappa shape index (κ1) is 18.2. The van der Waals surface area contributed by atoms with E-state index in [0.717, 1.165) is 11.1 Å². The highest BCUT2D eigenvalue weighted by Gasteiger charge is 2.15. The number of carbonyl (C=O) groups is 1. The average Bonchev–Trinajstić information content (AvgIpc) is 2.53. The minimum absolute atomic E-state index is 0.00622. The Morgan fingerprint density at radius 3 is 2.17 bits per heavy atom. The highest BCUT2D eigenvalue weighted by molar-refractivity contribution is 5.76. The van der Waals surface area contributed by atoms with Gasteiger partial charge in [0.15, 0.2) is 0 Å². The van der Waals surface area contributed by atoms with Gasteiger partial charge in [0.1, 0.15) is 5.82 Å². The van der Waals surface area contributed by atoms with Crippen LogP contribution in [0.15, 0.2) is 48.5 Å². The van der Waals surface area contributed by atoms with Crippen LogP contribution in [0.4, 0.5) is 4.39 Å². The van der Waals surface area contributed by atoms with Crippen molar-refractivity contribution in [2.45, 2.75) is 52.0 Å². The predicted octanol–water partition coefficient (Wildman–Crippen LogP) is 4.93. The molecule has 0 aliphatic heterocycles. The normalized spacial score (nSPS) is 12.7. The first-order chi connectivity index (χ1) is 11.3. The number of rotatable bonds is 5. The van der Waals surface area contributed by atoms with Crippen LogP contribution in [0, 0.1) is 5.82 Å². The molecule has 3 heteroatoms. The molecule has 0 radical (unpaired) electrons. The number of aryl methyl sites for hydroxylation is 1. The molecule has 1 amide bonds. The highest BCUT2D eigenvalue weighted by atomic mass is 19.1. The van der Waals surface area contributed by atoms with E-state index in [1.807, 2.05) is 6.92 Å². The van der Waals surface area contributed by atoms with Gasteiger partial charge in [0.25, 0.3) is 0 Å². The fourth-order valence-corrected chi connectivity index (χ4v) is 2.58. The fourth-order valence-electron chi connectivity index (χ4n) is 2.58. The molecular formula is C21H26FNO. The quantitative estimate of drug-likeness (QED) is 0.828. The van der Waals surface area contributed by atoms with Gasteiger partial charge in [-0.3, -0.25) is 4.79 Å². The lowest BCUT2D eigenvalue weighted by Crippen LogP contribution is -2.26. The third-order valence-corrected chi connectivity index (χ3v) is 4.21. The Balaban J connectivity index is 1.88. The molecule has 0 bridgehead atoms. The van der Waals surface area contributed by atoms with Crippen LogP contribution in [-0.4, -0.2) is 5.91 Å². The van der Waals surface area contributed by atoms with E-state index in [1.165, 1.54) is 17.7 Å². The van der Waals surface area contributed by atoms with E-state index >= 15 is 0 Å². The number of amides is 1. The van der Waals surface area contributed by atoms with E-state index in [9.17, 15) is 9.18 Å². The predicted molar refractivity (Wildman–Crippen MR) is 96.4 cm³/mol. The van der Waals surface area contributed by atoms with Crippen LogP contribution < -0.4 is 5.32 Å². The van der Waals surface area contributed by atoms with Crippen molar-refractivity contribution in [1.29, 1.82) is 0 Å². The summed E-state index contributed by atoms with van der Waals surface area (Å²) in [6, 6.07) is 14.7. The second kappa shape index (κ2) is 7.61. The molecule has 128 valence electrons. The average molecular weight is 327 g/mol. The van der Waals surface area contributed by atoms with Crippen molar-refractivity contribution >= 4 is 5.91 Å². The summed E-state index contributed by atoms with van der Waals surface area (Å²) in [4.78, 5) is 12.1. The zero-order valence-electron chi connectivity index (χ0n) is 14.9. The molecule has 1 unspecified atom stereocenters. The molecule has 0 heterocycles. The molecule has 2 rings (SSSR count). The second-order valence-corrected chi connectivity index (χ2v) is 7.29. The van der Waals surface area contributed by atoms with Crippen LogP contribution in [0.5, 0.6) is 0 Å². The van der Waals surface area contributed by atoms with Crippen LogP contribution in [0.1, 0.15) is 56.8 Å². The van der Waals surface area contributed by atoms with Crippen molar-refractivity contribution in [3.8, 4) is 0 Å². The van der Waals surface area contributed by atoms with Crippen LogP contribution in [0.3, 0.4) is 0 Å². The molecule has 1 N–H and O–H groups in total. The molecule has 0 saturated heterocycles. The number of halogens is 1. The summed E-state index contributed by atoms with van der Waals surface area (Å²) in [5.41, 5.74) is 3.47. The van der Waals surface area contributed by atoms with Gasteiger partial charge in [-0.15, -0.1) is 0 Å². The van der Waals surface area contributed by atoms with Crippen molar-refractivity contribution in [3.63, 3.8) is 0 Å². The zero-order valence-corrected chi connectivity index (χ0v) is 14.9. The Hall–Kier alpha value is -2.16. The standard InChI is InChI=1S/C21H26FNO/c1-15(17-8-10-18(11-9-17)21(2,3)4)23-20(24)14-7-16-5-12-19(22)13-6-16/h5-6,8-13,15H,7,14H2,1-4H3,(H,23,24). The van der Waals surface area contributed by atoms with E-state index in [2.05, 4.69) is 50.4 Å². The Morgan fingerprint density at radius 2 is 1.62 bits per heavy atom. The third-order valence-electron chi connectivity index (χ3n) is 4.21. The summed E-state index contributed by atoms with van der Waals surface area (Å²) in [5.74, 6) is -0.248. The second-order valence-electron chi connectivity index (χ2n) is 7.29. The molecule has 2 aromatic carbocycles. The minimum atomic E-state index is -0.254. The molecule has 0 saturated carbocycles. The maximum Gasteiger partial charge on any atom is 0.220 e. The number of hydrogen-bond donors (Lipinski definition) is 1. The topological polar surface area (TPSA) is 29.1 Å². The molecule has 1 atom stereocenters. The van der Waals surface area contributed by atoms with Crippen LogP contribution in [-0.2, 0) is 16.6 Å². The molecule has 2 aromatic rings. The van der Waals surface area contributed by atoms with Gasteiger partial charge in [0.2, 0.25) is 5.91 Å². The van der Waals surface area contributed by atoms with E-state index in [0.29, 0.717) is 12.8 Å². The van der Waals surface area contributed by atoms with Gasteiger partial charge in [0, 0.05) is 6.42 Å². The summed E-state index contributed by atoms with van der Waals surface area (Å²) in [6.45, 7) is 8.54. The largest absolute Gasteiger partial charge is 0.350 e. The fraction of sp³-hybridized carbons (Fsp3) is 0.381. The first-order valence-electron chi connectivity index (χ1n) is 8.40. The smallest absolute Gasteiger partial charge is 0.220 e. The number of hydrogen-bond acceptors (Lipinski definition) is 1. The Labute approximate surface area is 144 Å². The van der Waals surface area contributed by atoms with E-state index in [-0.39, 0.29) is 23.2 Å². The summed E-state index contributed by atoms with van der Waals surface area (Å²) >= 11 is 0. The highest BCUT2D eigenvalue weighted by Crippen LogP contribution is 2.23. The number of carbonyl (C=O) groups excluding carboxylic acids is 1. The molecule has 2 nitrogen and oxygen atoms in total. The van der Waals surface area contributed by atoms with Crippen LogP contribution in [0.2, 0.25) is 0 Å². The van der Waals surface area contributed by atoms with Crippen molar-refractivity contribution in [2.24, 2.45) is 0 Å². The van der Waals surface area contributed by atoms with Crippen molar-refractivity contribution in [1.82, 2.24) is 5.32 Å². The molecular weight excluding hydrogens is 301 g/mol. The molecule has 0 fully saturated rings.